The summed E-state index contributed by atoms with van der Waals surface area (Å²) in [5.41, 5.74) is 0. The molecule has 1 saturated heterocycles. The molecule has 30 heavy (non-hydrogen) atoms. The van der Waals surface area contributed by atoms with Gasteiger partial charge in [-0.25, -0.2) is 0 Å². The molecule has 2 N–H and O–H groups in total. The molecular formula is C24H38N2O4. The summed E-state index contributed by atoms with van der Waals surface area (Å²) in [6.07, 6.45) is 14.2. The van der Waals surface area contributed by atoms with Crippen molar-refractivity contribution < 1.29 is 19.7 Å². The number of hydrogen-bond acceptors (Lipinski definition) is 6. The van der Waals surface area contributed by atoms with Crippen LogP contribution in [0.5, 0.6) is 0 Å². The first-order valence-electron chi connectivity index (χ1n) is 10.9. The van der Waals surface area contributed by atoms with E-state index in [0.717, 1.165) is 44.5 Å². The van der Waals surface area contributed by atoms with Gasteiger partial charge in [0.1, 0.15) is 36.9 Å². The lowest BCUT2D eigenvalue weighted by atomic mass is 10.0. The predicted octanol–water partition coefficient (Wildman–Crippen LogP) is 2.63. The van der Waals surface area contributed by atoms with Gasteiger partial charge in [0.2, 0.25) is 0 Å². The monoisotopic (exact) mass is 418 g/mol. The van der Waals surface area contributed by atoms with Gasteiger partial charge in [-0.15, -0.1) is 0 Å². The Bertz CT molecular complexity index is 621. The highest BCUT2D eigenvalue weighted by molar-refractivity contribution is 5.16. The molecule has 0 amide bonds. The molecule has 0 saturated carbocycles. The topological polar surface area (TPSA) is 65.4 Å². The summed E-state index contributed by atoms with van der Waals surface area (Å²) in [6.45, 7) is 10.9. The van der Waals surface area contributed by atoms with Crippen LogP contribution >= 0.6 is 0 Å². The lowest BCUT2D eigenvalue weighted by Crippen LogP contribution is -2.47. The fourth-order valence-electron chi connectivity index (χ4n) is 3.80. The number of nitrogens with zero attached hydrogens (tertiary/aromatic N) is 2. The fourth-order valence-corrected chi connectivity index (χ4v) is 3.80. The molecule has 6 heteroatoms. The van der Waals surface area contributed by atoms with E-state index in [4.69, 9.17) is 9.47 Å². The third-order valence-corrected chi connectivity index (χ3v) is 5.48. The Labute approximate surface area is 181 Å². The van der Waals surface area contributed by atoms with Gasteiger partial charge in [-0.05, 0) is 70.1 Å². The van der Waals surface area contributed by atoms with Crippen LogP contribution in [0, 0.1) is 0 Å². The molecule has 0 aromatic carbocycles. The van der Waals surface area contributed by atoms with Gasteiger partial charge in [0.05, 0.1) is 0 Å². The number of rotatable bonds is 13. The van der Waals surface area contributed by atoms with Crippen molar-refractivity contribution >= 4 is 0 Å². The van der Waals surface area contributed by atoms with E-state index in [1.54, 1.807) is 18.2 Å². The first-order valence-corrected chi connectivity index (χ1v) is 10.9. The molecule has 0 aromatic rings. The van der Waals surface area contributed by atoms with Crippen LogP contribution in [0.3, 0.4) is 0 Å². The van der Waals surface area contributed by atoms with Crippen LogP contribution in [0.1, 0.15) is 25.7 Å². The van der Waals surface area contributed by atoms with E-state index in [1.807, 2.05) is 13.1 Å². The highest BCUT2D eigenvalue weighted by atomic mass is 16.5. The van der Waals surface area contributed by atoms with E-state index in [0.29, 0.717) is 31.5 Å². The number of hydrogen-bond donors (Lipinski definition) is 2. The quantitative estimate of drug-likeness (QED) is 0.354. The van der Waals surface area contributed by atoms with E-state index in [-0.39, 0.29) is 6.61 Å². The van der Waals surface area contributed by atoms with Crippen LogP contribution in [-0.4, -0.2) is 84.7 Å². The molecule has 2 rings (SSSR count). The van der Waals surface area contributed by atoms with Crippen LogP contribution in [0.15, 0.2) is 61.1 Å². The Hall–Kier alpha value is -1.86. The van der Waals surface area contributed by atoms with Gasteiger partial charge >= 0.3 is 0 Å². The zero-order valence-electron chi connectivity index (χ0n) is 18.3. The molecular weight excluding hydrogens is 380 g/mol. The number of likely N-dealkylation sites (N-methyl/N-ethyl adjacent to an activating group) is 1. The van der Waals surface area contributed by atoms with E-state index in [1.165, 1.54) is 0 Å². The SMILES string of the molecule is C=C/C=C(\C=C)OCC(O)CN(C)C1CCN(CC(O)COC2=CCCC=C2)CC1. The van der Waals surface area contributed by atoms with Crippen molar-refractivity contribution in [1.29, 1.82) is 0 Å². The number of piperidine rings is 1. The van der Waals surface area contributed by atoms with Gasteiger partial charge in [-0.2, -0.15) is 0 Å². The summed E-state index contributed by atoms with van der Waals surface area (Å²) < 4.78 is 11.2. The van der Waals surface area contributed by atoms with Crippen molar-refractivity contribution in [2.45, 2.75) is 43.9 Å². The molecule has 168 valence electrons. The lowest BCUT2D eigenvalue weighted by Gasteiger charge is -2.38. The molecule has 1 fully saturated rings. The molecule has 1 aliphatic carbocycles. The minimum Gasteiger partial charge on any atom is -0.491 e. The molecule has 2 aliphatic rings. The Kier molecular flexibility index (Phi) is 10.9. The average molecular weight is 419 g/mol. The second-order valence-corrected chi connectivity index (χ2v) is 8.00. The molecule has 0 spiro atoms. The number of aliphatic hydroxyl groups is 2. The Morgan fingerprint density at radius 2 is 2.00 bits per heavy atom. The largest absolute Gasteiger partial charge is 0.491 e. The third-order valence-electron chi connectivity index (χ3n) is 5.48. The fraction of sp³-hybridized carbons (Fsp3) is 0.583. The Morgan fingerprint density at radius 3 is 2.63 bits per heavy atom. The maximum absolute atomic E-state index is 10.3. The molecule has 1 heterocycles. The number of aliphatic hydroxyl groups excluding tert-OH is 2. The highest BCUT2D eigenvalue weighted by Crippen LogP contribution is 2.17. The van der Waals surface area contributed by atoms with Gasteiger partial charge in [-0.3, -0.25) is 0 Å². The standard InChI is InChI=1S/C24H38N2O4/c1-4-9-23(5-2)29-18-21(27)16-25(3)20-12-14-26(15-13-20)17-22(28)19-30-24-10-7-6-8-11-24/h4-5,7,9-11,20-22,27-28H,1-2,6,8,12-19H2,3H3/b23-9+. The second kappa shape index (κ2) is 13.4. The van der Waals surface area contributed by atoms with Crippen molar-refractivity contribution in [2.75, 3.05) is 46.4 Å². The maximum Gasteiger partial charge on any atom is 0.118 e. The molecule has 0 aromatic heterocycles. The van der Waals surface area contributed by atoms with Crippen molar-refractivity contribution in [3.63, 3.8) is 0 Å². The average Bonchev–Trinajstić information content (AvgIpc) is 2.76. The van der Waals surface area contributed by atoms with Gasteiger partial charge < -0.3 is 29.5 Å². The maximum atomic E-state index is 10.3. The zero-order valence-corrected chi connectivity index (χ0v) is 18.3. The molecule has 2 unspecified atom stereocenters. The Balaban J connectivity index is 1.63. The van der Waals surface area contributed by atoms with Crippen LogP contribution in [0.25, 0.3) is 0 Å². The predicted molar refractivity (Wildman–Crippen MR) is 121 cm³/mol. The first-order chi connectivity index (χ1) is 14.5. The number of likely N-dealkylation sites (tertiary alicyclic amines) is 1. The molecule has 6 nitrogen and oxygen atoms in total. The Morgan fingerprint density at radius 1 is 1.23 bits per heavy atom. The van der Waals surface area contributed by atoms with Gasteiger partial charge in [0.25, 0.3) is 0 Å². The van der Waals surface area contributed by atoms with Gasteiger partial charge in [-0.1, -0.05) is 25.3 Å². The summed E-state index contributed by atoms with van der Waals surface area (Å²) in [7, 11) is 2.05. The van der Waals surface area contributed by atoms with E-state index < -0.39 is 12.2 Å². The molecule has 0 radical (unpaired) electrons. The summed E-state index contributed by atoms with van der Waals surface area (Å²) in [5.74, 6) is 1.47. The van der Waals surface area contributed by atoms with Crippen LogP contribution in [-0.2, 0) is 9.47 Å². The van der Waals surface area contributed by atoms with Crippen molar-refractivity contribution in [3.8, 4) is 0 Å². The van der Waals surface area contributed by atoms with Gasteiger partial charge in [0.15, 0.2) is 0 Å². The van der Waals surface area contributed by atoms with Crippen LogP contribution in [0.4, 0.5) is 0 Å². The van der Waals surface area contributed by atoms with Crippen molar-refractivity contribution in [2.24, 2.45) is 0 Å². The zero-order chi connectivity index (χ0) is 21.8. The molecule has 1 aliphatic heterocycles. The van der Waals surface area contributed by atoms with Crippen LogP contribution < -0.4 is 0 Å². The van der Waals surface area contributed by atoms with E-state index >= 15 is 0 Å². The van der Waals surface area contributed by atoms with E-state index in [2.05, 4.69) is 35.1 Å². The van der Waals surface area contributed by atoms with Crippen LogP contribution in [0.2, 0.25) is 0 Å². The smallest absolute Gasteiger partial charge is 0.118 e. The van der Waals surface area contributed by atoms with Gasteiger partial charge in [0, 0.05) is 19.1 Å². The lowest BCUT2D eigenvalue weighted by molar-refractivity contribution is 0.0160. The summed E-state index contributed by atoms with van der Waals surface area (Å²) >= 11 is 0. The van der Waals surface area contributed by atoms with E-state index in [9.17, 15) is 10.2 Å². The molecule has 2 atom stereocenters. The normalized spacial score (nSPS) is 20.5. The number of ether oxygens (including phenoxy) is 2. The minimum absolute atomic E-state index is 0.229. The summed E-state index contributed by atoms with van der Waals surface area (Å²) in [5, 5.41) is 20.6. The number of allylic oxidation sites excluding steroid dienone is 6. The second-order valence-electron chi connectivity index (χ2n) is 8.00. The van der Waals surface area contributed by atoms with Crippen molar-refractivity contribution in [3.05, 3.63) is 61.1 Å². The van der Waals surface area contributed by atoms with Crippen molar-refractivity contribution in [1.82, 2.24) is 9.80 Å². The highest BCUT2D eigenvalue weighted by Gasteiger charge is 2.25. The number of β-amino-alcohol motifs (C(OH)–C–C–N with tert-alkyl or cyclic N) is 1. The minimum atomic E-state index is -0.566. The third kappa shape index (κ3) is 8.88. The molecule has 0 bridgehead atoms. The summed E-state index contributed by atoms with van der Waals surface area (Å²) in [4.78, 5) is 4.50. The summed E-state index contributed by atoms with van der Waals surface area (Å²) in [6, 6.07) is 0.421. The first kappa shape index (κ1) is 24.4.